The van der Waals surface area contributed by atoms with Gasteiger partial charge in [0.2, 0.25) is 0 Å². The number of nitrogens with zero attached hydrogens (tertiary/aromatic N) is 3. The van der Waals surface area contributed by atoms with Crippen molar-refractivity contribution in [3.63, 3.8) is 0 Å². The number of thiophene rings is 1. The quantitative estimate of drug-likeness (QED) is 0.213. The zero-order valence-electron chi connectivity index (χ0n) is 18.4. The molecule has 0 atom stereocenters. The van der Waals surface area contributed by atoms with E-state index in [1.54, 1.807) is 22.5 Å². The molecule has 7 heteroatoms. The van der Waals surface area contributed by atoms with Crippen LogP contribution in [0, 0.1) is 6.92 Å². The highest BCUT2D eigenvalue weighted by Gasteiger charge is 2.18. The molecule has 0 saturated carbocycles. The number of para-hydroxylation sites is 1. The predicted octanol–water partition coefficient (Wildman–Crippen LogP) is 6.05. The molecule has 0 fully saturated rings. The van der Waals surface area contributed by atoms with E-state index in [4.69, 9.17) is 9.72 Å². The molecule has 33 heavy (non-hydrogen) atoms. The first-order valence-electron chi connectivity index (χ1n) is 10.8. The molecular weight excluding hydrogens is 450 g/mol. The summed E-state index contributed by atoms with van der Waals surface area (Å²) in [5.74, 6) is 1.52. The molecule has 0 amide bonds. The number of aryl methyl sites for hydroxylation is 1. The van der Waals surface area contributed by atoms with Crippen LogP contribution in [0.15, 0.2) is 76.8 Å². The summed E-state index contributed by atoms with van der Waals surface area (Å²) >= 11 is 2.99. The number of pyridine rings is 1. The summed E-state index contributed by atoms with van der Waals surface area (Å²) in [6.07, 6.45) is 1.75. The molecule has 3 aromatic heterocycles. The van der Waals surface area contributed by atoms with E-state index in [0.717, 1.165) is 32.8 Å². The lowest BCUT2D eigenvalue weighted by Gasteiger charge is -2.15. The van der Waals surface area contributed by atoms with Crippen molar-refractivity contribution >= 4 is 43.5 Å². The lowest BCUT2D eigenvalue weighted by Crippen LogP contribution is -2.23. The summed E-state index contributed by atoms with van der Waals surface area (Å²) in [4.78, 5) is 24.0. The van der Waals surface area contributed by atoms with Crippen molar-refractivity contribution in [1.82, 2.24) is 14.5 Å². The number of hydrogen-bond acceptors (Lipinski definition) is 6. The van der Waals surface area contributed by atoms with Gasteiger partial charge in [-0.3, -0.25) is 9.36 Å². The first kappa shape index (κ1) is 21.7. The van der Waals surface area contributed by atoms with Crippen LogP contribution >= 0.6 is 23.1 Å². The van der Waals surface area contributed by atoms with Gasteiger partial charge in [-0.25, -0.2) is 9.97 Å². The summed E-state index contributed by atoms with van der Waals surface area (Å²) in [7, 11) is 0. The average Bonchev–Trinajstić information content (AvgIpc) is 3.20. The SMILES string of the molecule is CCOc1ccccc1Cn1c(SCc2cccc(C)c2)nc2c(sc3ncccc32)c1=O. The highest BCUT2D eigenvalue weighted by molar-refractivity contribution is 7.98. The van der Waals surface area contributed by atoms with Crippen molar-refractivity contribution in [2.75, 3.05) is 6.61 Å². The molecule has 0 saturated heterocycles. The Kier molecular flexibility index (Phi) is 6.15. The van der Waals surface area contributed by atoms with E-state index < -0.39 is 0 Å². The number of hydrogen-bond donors (Lipinski definition) is 0. The van der Waals surface area contributed by atoms with Crippen LogP contribution in [0.25, 0.3) is 20.4 Å². The van der Waals surface area contributed by atoms with Crippen LogP contribution in [0.4, 0.5) is 0 Å². The molecule has 5 aromatic rings. The summed E-state index contributed by atoms with van der Waals surface area (Å²) in [5.41, 5.74) is 4.07. The second-order valence-electron chi connectivity index (χ2n) is 7.74. The molecule has 3 heterocycles. The number of aromatic nitrogens is 3. The van der Waals surface area contributed by atoms with Crippen molar-refractivity contribution in [3.05, 3.63) is 93.9 Å². The number of ether oxygens (including phenoxy) is 1. The molecule has 0 spiro atoms. The second-order valence-corrected chi connectivity index (χ2v) is 9.68. The van der Waals surface area contributed by atoms with E-state index >= 15 is 0 Å². The standard InChI is InChI=1S/C26H23N3O2S2/c1-3-31-21-12-5-4-10-19(21)15-29-25(30)23-22(20-11-7-13-27-24(20)33-23)28-26(29)32-16-18-9-6-8-17(2)14-18/h4-14H,3,15-16H2,1-2H3. The molecule has 2 aromatic carbocycles. The van der Waals surface area contributed by atoms with Gasteiger partial charge in [-0.15, -0.1) is 11.3 Å². The van der Waals surface area contributed by atoms with Crippen LogP contribution < -0.4 is 10.3 Å². The van der Waals surface area contributed by atoms with Gasteiger partial charge in [0, 0.05) is 22.9 Å². The fourth-order valence-electron chi connectivity index (χ4n) is 3.84. The highest BCUT2D eigenvalue weighted by atomic mass is 32.2. The van der Waals surface area contributed by atoms with E-state index in [2.05, 4.69) is 36.2 Å². The summed E-state index contributed by atoms with van der Waals surface area (Å²) < 4.78 is 8.23. The summed E-state index contributed by atoms with van der Waals surface area (Å²) in [5, 5.41) is 1.62. The van der Waals surface area contributed by atoms with Crippen molar-refractivity contribution in [2.24, 2.45) is 0 Å². The summed E-state index contributed by atoms with van der Waals surface area (Å²) in [6, 6.07) is 20.2. The fourth-order valence-corrected chi connectivity index (χ4v) is 5.81. The first-order valence-corrected chi connectivity index (χ1v) is 12.6. The second kappa shape index (κ2) is 9.37. The average molecular weight is 474 g/mol. The third-order valence-corrected chi connectivity index (χ3v) is 7.51. The Morgan fingerprint density at radius 2 is 1.97 bits per heavy atom. The monoisotopic (exact) mass is 473 g/mol. The van der Waals surface area contributed by atoms with Gasteiger partial charge in [0.25, 0.3) is 5.56 Å². The molecule has 5 nitrogen and oxygen atoms in total. The molecular formula is C26H23N3O2S2. The number of fused-ring (bicyclic) bond motifs is 3. The molecule has 0 unspecified atom stereocenters. The maximum absolute atomic E-state index is 13.7. The van der Waals surface area contributed by atoms with Crippen LogP contribution in [0.5, 0.6) is 5.75 Å². The lowest BCUT2D eigenvalue weighted by atomic mass is 10.2. The molecule has 0 aliphatic carbocycles. The van der Waals surface area contributed by atoms with E-state index in [9.17, 15) is 4.79 Å². The van der Waals surface area contributed by atoms with Gasteiger partial charge in [-0.1, -0.05) is 59.8 Å². The fraction of sp³-hybridized carbons (Fsp3) is 0.192. The first-order chi connectivity index (χ1) is 16.1. The van der Waals surface area contributed by atoms with E-state index in [0.29, 0.717) is 23.0 Å². The maximum Gasteiger partial charge on any atom is 0.272 e. The van der Waals surface area contributed by atoms with Gasteiger partial charge < -0.3 is 4.74 Å². The van der Waals surface area contributed by atoms with Crippen LogP contribution in [0.3, 0.4) is 0 Å². The van der Waals surface area contributed by atoms with Crippen molar-refractivity contribution in [3.8, 4) is 5.75 Å². The number of thioether (sulfide) groups is 1. The third-order valence-electron chi connectivity index (χ3n) is 5.37. The Morgan fingerprint density at radius 1 is 1.09 bits per heavy atom. The van der Waals surface area contributed by atoms with Crippen LogP contribution in [-0.4, -0.2) is 21.1 Å². The van der Waals surface area contributed by atoms with Gasteiger partial charge in [0.05, 0.1) is 18.7 Å². The van der Waals surface area contributed by atoms with Gasteiger partial charge in [-0.05, 0) is 37.6 Å². The van der Waals surface area contributed by atoms with E-state index in [1.165, 1.54) is 22.5 Å². The predicted molar refractivity (Wildman–Crippen MR) is 137 cm³/mol. The largest absolute Gasteiger partial charge is 0.494 e. The zero-order chi connectivity index (χ0) is 22.8. The Morgan fingerprint density at radius 3 is 2.82 bits per heavy atom. The van der Waals surface area contributed by atoms with Crippen LogP contribution in [0.1, 0.15) is 23.6 Å². The van der Waals surface area contributed by atoms with E-state index in [-0.39, 0.29) is 5.56 Å². The molecule has 0 N–H and O–H groups in total. The molecule has 0 aliphatic heterocycles. The number of benzene rings is 2. The molecule has 166 valence electrons. The normalized spacial score (nSPS) is 11.3. The van der Waals surface area contributed by atoms with Gasteiger partial charge >= 0.3 is 0 Å². The Balaban J connectivity index is 1.63. The van der Waals surface area contributed by atoms with E-state index in [1.807, 2.05) is 43.3 Å². The van der Waals surface area contributed by atoms with Gasteiger partial charge in [-0.2, -0.15) is 0 Å². The van der Waals surface area contributed by atoms with Crippen LogP contribution in [-0.2, 0) is 12.3 Å². The van der Waals surface area contributed by atoms with Gasteiger partial charge in [0.1, 0.15) is 15.3 Å². The Labute approximate surface area is 200 Å². The molecule has 0 aliphatic rings. The maximum atomic E-state index is 13.7. The smallest absolute Gasteiger partial charge is 0.272 e. The van der Waals surface area contributed by atoms with Crippen molar-refractivity contribution in [1.29, 1.82) is 0 Å². The molecule has 0 radical (unpaired) electrons. The third kappa shape index (κ3) is 4.38. The van der Waals surface area contributed by atoms with Crippen LogP contribution in [0.2, 0.25) is 0 Å². The lowest BCUT2D eigenvalue weighted by molar-refractivity contribution is 0.335. The van der Waals surface area contributed by atoms with Gasteiger partial charge in [0.15, 0.2) is 5.16 Å². The van der Waals surface area contributed by atoms with Crippen molar-refractivity contribution < 1.29 is 4.74 Å². The minimum Gasteiger partial charge on any atom is -0.494 e. The molecule has 0 bridgehead atoms. The highest BCUT2D eigenvalue weighted by Crippen LogP contribution is 2.32. The zero-order valence-corrected chi connectivity index (χ0v) is 20.1. The summed E-state index contributed by atoms with van der Waals surface area (Å²) in [6.45, 7) is 5.02. The van der Waals surface area contributed by atoms with Crippen molar-refractivity contribution in [2.45, 2.75) is 31.3 Å². The minimum absolute atomic E-state index is 0.0407. The number of rotatable bonds is 7. The topological polar surface area (TPSA) is 57.0 Å². The Hall–Kier alpha value is -3.16. The minimum atomic E-state index is -0.0407. The molecule has 5 rings (SSSR count). The Bertz CT molecular complexity index is 1510.